The molecule has 6 nitrogen and oxygen atoms in total. The van der Waals surface area contributed by atoms with E-state index in [0.29, 0.717) is 41.5 Å². The number of carbonyl (C=O) groups is 1. The van der Waals surface area contributed by atoms with Crippen LogP contribution in [0.1, 0.15) is 33.2 Å². The van der Waals surface area contributed by atoms with Crippen molar-refractivity contribution in [1.29, 1.82) is 0 Å². The lowest BCUT2D eigenvalue weighted by Gasteiger charge is -2.31. The highest BCUT2D eigenvalue weighted by Gasteiger charge is 2.33. The molecular formula is C18H22N2O4S2. The molecule has 0 N–H and O–H groups in total. The van der Waals surface area contributed by atoms with Gasteiger partial charge in [-0.2, -0.15) is 0 Å². The van der Waals surface area contributed by atoms with Crippen LogP contribution in [0.5, 0.6) is 5.75 Å². The van der Waals surface area contributed by atoms with Crippen molar-refractivity contribution in [3.8, 4) is 5.75 Å². The van der Waals surface area contributed by atoms with Crippen molar-refractivity contribution in [3.05, 3.63) is 39.8 Å². The number of aromatic nitrogens is 1. The average molecular weight is 395 g/mol. The number of benzene rings is 1. The number of likely N-dealkylation sites (tertiary alicyclic amines) is 1. The number of piperidine rings is 1. The number of rotatable bonds is 4. The molecule has 0 unspecified atom stereocenters. The lowest BCUT2D eigenvalue weighted by molar-refractivity contribution is 0.0729. The molecule has 1 fully saturated rings. The van der Waals surface area contributed by atoms with E-state index in [-0.39, 0.29) is 5.91 Å². The van der Waals surface area contributed by atoms with Crippen LogP contribution in [0.2, 0.25) is 0 Å². The third kappa shape index (κ3) is 3.61. The molecule has 1 aliphatic rings. The first-order chi connectivity index (χ1) is 12.3. The predicted octanol–water partition coefficient (Wildman–Crippen LogP) is 2.85. The van der Waals surface area contributed by atoms with Crippen LogP contribution in [-0.4, -0.2) is 49.7 Å². The van der Waals surface area contributed by atoms with Crippen LogP contribution in [0, 0.1) is 13.8 Å². The van der Waals surface area contributed by atoms with Crippen molar-refractivity contribution in [2.45, 2.75) is 36.8 Å². The van der Waals surface area contributed by atoms with Crippen molar-refractivity contribution in [1.82, 2.24) is 9.88 Å². The Morgan fingerprint density at radius 2 is 1.81 bits per heavy atom. The fourth-order valence-electron chi connectivity index (χ4n) is 3.20. The quantitative estimate of drug-likeness (QED) is 0.797. The van der Waals surface area contributed by atoms with Crippen LogP contribution in [0.15, 0.2) is 29.2 Å². The number of sulfone groups is 1. The minimum Gasteiger partial charge on any atom is -0.497 e. The molecule has 2 heterocycles. The maximum atomic E-state index is 12.8. The van der Waals surface area contributed by atoms with Crippen LogP contribution in [-0.2, 0) is 9.84 Å². The topological polar surface area (TPSA) is 76.6 Å². The van der Waals surface area contributed by atoms with Gasteiger partial charge in [0.2, 0.25) is 0 Å². The van der Waals surface area contributed by atoms with Crippen molar-refractivity contribution < 1.29 is 17.9 Å². The van der Waals surface area contributed by atoms with E-state index in [1.807, 2.05) is 13.8 Å². The first-order valence-electron chi connectivity index (χ1n) is 8.44. The van der Waals surface area contributed by atoms with Crippen molar-refractivity contribution in [2.24, 2.45) is 0 Å². The lowest BCUT2D eigenvalue weighted by Crippen LogP contribution is -2.42. The van der Waals surface area contributed by atoms with Gasteiger partial charge in [-0.1, -0.05) is 0 Å². The molecular weight excluding hydrogens is 372 g/mol. The van der Waals surface area contributed by atoms with Gasteiger partial charge in [-0.25, -0.2) is 13.4 Å². The van der Waals surface area contributed by atoms with Crippen LogP contribution in [0.3, 0.4) is 0 Å². The molecule has 1 aromatic heterocycles. The molecule has 1 aliphatic heterocycles. The van der Waals surface area contributed by atoms with Gasteiger partial charge in [0.15, 0.2) is 9.84 Å². The molecule has 0 atom stereocenters. The number of ether oxygens (including phenoxy) is 1. The first kappa shape index (κ1) is 18.8. The zero-order valence-electron chi connectivity index (χ0n) is 15.1. The molecule has 0 aliphatic carbocycles. The first-order valence-corrected chi connectivity index (χ1v) is 10.8. The molecule has 0 radical (unpaired) electrons. The summed E-state index contributed by atoms with van der Waals surface area (Å²) < 4.78 is 30.8. The van der Waals surface area contributed by atoms with Gasteiger partial charge in [0.1, 0.15) is 10.6 Å². The summed E-state index contributed by atoms with van der Waals surface area (Å²) in [5, 5.41) is 0.395. The van der Waals surface area contributed by atoms with Crippen molar-refractivity contribution in [2.75, 3.05) is 20.2 Å². The second-order valence-electron chi connectivity index (χ2n) is 6.36. The summed E-state index contributed by atoms with van der Waals surface area (Å²) in [4.78, 5) is 19.7. The number of thiazole rings is 1. The average Bonchev–Trinajstić information content (AvgIpc) is 2.99. The van der Waals surface area contributed by atoms with Gasteiger partial charge in [0.05, 0.1) is 28.0 Å². The number of methoxy groups -OCH3 is 1. The fraction of sp³-hybridized carbons (Fsp3) is 0.444. The molecule has 1 aromatic carbocycles. The molecule has 0 saturated carbocycles. The van der Waals surface area contributed by atoms with Crippen molar-refractivity contribution >= 4 is 27.1 Å². The van der Waals surface area contributed by atoms with E-state index in [1.54, 1.807) is 36.3 Å². The minimum absolute atomic E-state index is 0.0478. The third-order valence-electron chi connectivity index (χ3n) is 4.65. The molecule has 8 heteroatoms. The largest absolute Gasteiger partial charge is 0.497 e. The molecule has 0 spiro atoms. The number of carbonyl (C=O) groups excluding carboxylic acids is 1. The summed E-state index contributed by atoms with van der Waals surface area (Å²) in [5.41, 5.74) is 0.741. The maximum absolute atomic E-state index is 12.8. The number of amides is 1. The molecule has 1 amide bonds. The maximum Gasteiger partial charge on any atom is 0.265 e. The minimum atomic E-state index is -3.41. The van der Waals surface area contributed by atoms with Crippen molar-refractivity contribution in [3.63, 3.8) is 0 Å². The highest BCUT2D eigenvalue weighted by molar-refractivity contribution is 7.92. The monoisotopic (exact) mass is 394 g/mol. The van der Waals surface area contributed by atoms with Gasteiger partial charge in [-0.15, -0.1) is 11.3 Å². The predicted molar refractivity (Wildman–Crippen MR) is 101 cm³/mol. The van der Waals surface area contributed by atoms with Gasteiger partial charge >= 0.3 is 0 Å². The van der Waals surface area contributed by atoms with E-state index in [4.69, 9.17) is 4.74 Å². The van der Waals surface area contributed by atoms with E-state index in [1.165, 1.54) is 11.3 Å². The highest BCUT2D eigenvalue weighted by atomic mass is 32.2. The van der Waals surface area contributed by atoms with E-state index in [2.05, 4.69) is 4.98 Å². The highest BCUT2D eigenvalue weighted by Crippen LogP contribution is 2.28. The number of hydrogen-bond donors (Lipinski definition) is 0. The van der Waals surface area contributed by atoms with E-state index < -0.39 is 15.1 Å². The smallest absolute Gasteiger partial charge is 0.265 e. The summed E-state index contributed by atoms with van der Waals surface area (Å²) in [6.45, 7) is 4.59. The van der Waals surface area contributed by atoms with Gasteiger partial charge < -0.3 is 9.64 Å². The number of hydrogen-bond acceptors (Lipinski definition) is 6. The van der Waals surface area contributed by atoms with Gasteiger partial charge in [-0.05, 0) is 51.0 Å². The normalized spacial score (nSPS) is 15.9. The Kier molecular flexibility index (Phi) is 5.34. The second kappa shape index (κ2) is 7.36. The van der Waals surface area contributed by atoms with Gasteiger partial charge in [0.25, 0.3) is 5.91 Å². The number of aryl methyl sites for hydroxylation is 2. The van der Waals surface area contributed by atoms with Crippen LogP contribution in [0.25, 0.3) is 0 Å². The molecule has 2 aromatic rings. The Bertz CT molecular complexity index is 896. The third-order valence-corrected chi connectivity index (χ3v) is 7.99. The number of nitrogens with zero attached hydrogens (tertiary/aromatic N) is 2. The Morgan fingerprint density at radius 3 is 2.31 bits per heavy atom. The molecule has 26 heavy (non-hydrogen) atoms. The fourth-order valence-corrected chi connectivity index (χ4v) is 5.82. The van der Waals surface area contributed by atoms with E-state index in [9.17, 15) is 13.2 Å². The molecule has 1 saturated heterocycles. The Balaban J connectivity index is 1.69. The second-order valence-corrected chi connectivity index (χ2v) is 9.79. The zero-order chi connectivity index (χ0) is 18.9. The summed E-state index contributed by atoms with van der Waals surface area (Å²) >= 11 is 1.39. The summed E-state index contributed by atoms with van der Waals surface area (Å²) in [7, 11) is -1.86. The van der Waals surface area contributed by atoms with E-state index in [0.717, 1.165) is 10.7 Å². The summed E-state index contributed by atoms with van der Waals surface area (Å²) in [5.74, 6) is 0.577. The molecule has 140 valence electrons. The molecule has 3 rings (SSSR count). The molecule has 0 bridgehead atoms. The SMILES string of the molecule is COc1ccc(S(=O)(=O)C2CCN(C(=O)c3sc(C)nc3C)CC2)cc1. The summed E-state index contributed by atoms with van der Waals surface area (Å²) in [6, 6.07) is 6.46. The standard InChI is InChI=1S/C18H22N2O4S2/c1-12-17(25-13(2)19-12)18(21)20-10-8-16(9-11-20)26(22,23)15-6-4-14(24-3)5-7-15/h4-7,16H,8-11H2,1-3H3. The Morgan fingerprint density at radius 1 is 1.19 bits per heavy atom. The van der Waals surface area contributed by atoms with Gasteiger partial charge in [-0.3, -0.25) is 4.79 Å². The zero-order valence-corrected chi connectivity index (χ0v) is 16.7. The van der Waals surface area contributed by atoms with E-state index >= 15 is 0 Å². The Labute approximate surface area is 157 Å². The summed E-state index contributed by atoms with van der Waals surface area (Å²) in [6.07, 6.45) is 0.883. The Hall–Kier alpha value is -1.93. The lowest BCUT2D eigenvalue weighted by atomic mass is 10.1. The van der Waals surface area contributed by atoms with Crippen LogP contribution >= 0.6 is 11.3 Å². The van der Waals surface area contributed by atoms with Crippen LogP contribution in [0.4, 0.5) is 0 Å². The van der Waals surface area contributed by atoms with Gasteiger partial charge in [0, 0.05) is 13.1 Å². The van der Waals surface area contributed by atoms with Crippen LogP contribution < -0.4 is 4.74 Å².